The van der Waals surface area contributed by atoms with Crippen molar-refractivity contribution in [2.24, 2.45) is 0 Å². The van der Waals surface area contributed by atoms with Gasteiger partial charge in [0, 0.05) is 18.7 Å². The topological polar surface area (TPSA) is 102 Å². The molecule has 0 atom stereocenters. The van der Waals surface area contributed by atoms with Gasteiger partial charge in [-0.15, -0.1) is 0 Å². The minimum absolute atomic E-state index is 0.113. The fourth-order valence-corrected chi connectivity index (χ4v) is 1.44. The Kier molecular flexibility index (Phi) is 5.05. The fourth-order valence-electron chi connectivity index (χ4n) is 1.44. The first-order valence-corrected chi connectivity index (χ1v) is 5.97. The Morgan fingerprint density at radius 1 is 1.42 bits per heavy atom. The number of methoxy groups -OCH3 is 1. The van der Waals surface area contributed by atoms with Crippen molar-refractivity contribution in [3.8, 4) is 0 Å². The van der Waals surface area contributed by atoms with Gasteiger partial charge in [0.1, 0.15) is 18.2 Å². The lowest BCUT2D eigenvalue weighted by Gasteiger charge is -2.20. The molecule has 1 aromatic rings. The minimum atomic E-state index is -0.259. The van der Waals surface area contributed by atoms with E-state index in [0.717, 1.165) is 0 Å². The van der Waals surface area contributed by atoms with E-state index in [0.29, 0.717) is 17.5 Å². The summed E-state index contributed by atoms with van der Waals surface area (Å²) in [5.74, 6) is 1.20. The molecule has 19 heavy (non-hydrogen) atoms. The van der Waals surface area contributed by atoms with Crippen molar-refractivity contribution < 1.29 is 9.53 Å². The van der Waals surface area contributed by atoms with Crippen LogP contribution in [-0.4, -0.2) is 35.1 Å². The Labute approximate surface area is 113 Å². The van der Waals surface area contributed by atoms with E-state index in [9.17, 15) is 4.79 Å². The molecule has 1 rings (SSSR count). The van der Waals surface area contributed by atoms with Crippen LogP contribution in [0, 0.1) is 0 Å². The van der Waals surface area contributed by atoms with Crippen LogP contribution in [0.25, 0.3) is 0 Å². The summed E-state index contributed by atoms with van der Waals surface area (Å²) >= 11 is 0. The lowest BCUT2D eigenvalue weighted by Crippen LogP contribution is -2.43. The molecule has 0 radical (unpaired) electrons. The van der Waals surface area contributed by atoms with Crippen molar-refractivity contribution in [3.63, 3.8) is 0 Å². The van der Waals surface area contributed by atoms with Gasteiger partial charge in [0.15, 0.2) is 5.82 Å². The Bertz CT molecular complexity index is 442. The number of carbonyl (C=O) groups is 1. The quantitative estimate of drug-likeness (QED) is 0.719. The molecule has 0 aliphatic heterocycles. The molecule has 1 amide bonds. The third-order valence-corrected chi connectivity index (χ3v) is 2.01. The van der Waals surface area contributed by atoms with E-state index in [2.05, 4.69) is 20.6 Å². The number of anilines is 2. The van der Waals surface area contributed by atoms with Crippen molar-refractivity contribution in [3.05, 3.63) is 11.9 Å². The third kappa shape index (κ3) is 6.01. The van der Waals surface area contributed by atoms with Gasteiger partial charge in [-0.05, 0) is 20.8 Å². The minimum Gasteiger partial charge on any atom is -0.384 e. The predicted molar refractivity (Wildman–Crippen MR) is 73.5 cm³/mol. The van der Waals surface area contributed by atoms with E-state index < -0.39 is 0 Å². The van der Waals surface area contributed by atoms with E-state index >= 15 is 0 Å². The second-order valence-electron chi connectivity index (χ2n) is 5.18. The molecule has 0 aliphatic rings. The Balaban J connectivity index is 2.60. The number of hydrogen-bond donors (Lipinski definition) is 3. The zero-order chi connectivity index (χ0) is 14.5. The van der Waals surface area contributed by atoms with Crippen LogP contribution in [0.1, 0.15) is 26.6 Å². The molecule has 0 saturated carbocycles. The average molecular weight is 267 g/mol. The maximum Gasteiger partial charge on any atom is 0.239 e. The fraction of sp³-hybridized carbons (Fsp3) is 0.583. The third-order valence-electron chi connectivity index (χ3n) is 2.01. The molecular weight excluding hydrogens is 246 g/mol. The lowest BCUT2D eigenvalue weighted by molar-refractivity contribution is -0.120. The van der Waals surface area contributed by atoms with Crippen LogP contribution in [0.2, 0.25) is 0 Å². The van der Waals surface area contributed by atoms with E-state index in [1.54, 1.807) is 13.2 Å². The summed E-state index contributed by atoms with van der Waals surface area (Å²) in [5, 5.41) is 5.75. The second-order valence-corrected chi connectivity index (χ2v) is 5.18. The zero-order valence-electron chi connectivity index (χ0n) is 11.8. The van der Waals surface area contributed by atoms with Gasteiger partial charge in [-0.1, -0.05) is 0 Å². The van der Waals surface area contributed by atoms with Crippen LogP contribution in [0.3, 0.4) is 0 Å². The number of aromatic nitrogens is 2. The molecule has 7 nitrogen and oxygen atoms in total. The van der Waals surface area contributed by atoms with Gasteiger partial charge in [0.05, 0.1) is 6.54 Å². The number of ether oxygens (including phenoxy) is 1. The van der Waals surface area contributed by atoms with Crippen LogP contribution in [0.15, 0.2) is 6.07 Å². The molecule has 1 aromatic heterocycles. The summed E-state index contributed by atoms with van der Waals surface area (Å²) < 4.78 is 4.94. The van der Waals surface area contributed by atoms with E-state index in [4.69, 9.17) is 10.5 Å². The lowest BCUT2D eigenvalue weighted by atomic mass is 10.1. The highest BCUT2D eigenvalue weighted by Crippen LogP contribution is 2.08. The van der Waals surface area contributed by atoms with E-state index in [1.165, 1.54) is 0 Å². The number of carbonyl (C=O) groups excluding carboxylic acids is 1. The molecule has 7 heteroatoms. The Hall–Kier alpha value is -1.89. The summed E-state index contributed by atoms with van der Waals surface area (Å²) in [6, 6.07) is 1.57. The summed E-state index contributed by atoms with van der Waals surface area (Å²) in [7, 11) is 1.55. The number of hydrogen-bond acceptors (Lipinski definition) is 6. The van der Waals surface area contributed by atoms with E-state index in [1.807, 2.05) is 20.8 Å². The van der Waals surface area contributed by atoms with Crippen molar-refractivity contribution in [1.82, 2.24) is 15.3 Å². The number of nitrogen functional groups attached to an aromatic ring is 1. The summed E-state index contributed by atoms with van der Waals surface area (Å²) in [4.78, 5) is 19.9. The first-order valence-electron chi connectivity index (χ1n) is 5.97. The maximum atomic E-state index is 11.7. The smallest absolute Gasteiger partial charge is 0.239 e. The second kappa shape index (κ2) is 6.33. The van der Waals surface area contributed by atoms with Crippen molar-refractivity contribution in [1.29, 1.82) is 0 Å². The average Bonchev–Trinajstić information content (AvgIpc) is 2.24. The molecule has 0 bridgehead atoms. The molecule has 0 fully saturated rings. The monoisotopic (exact) mass is 267 g/mol. The summed E-state index contributed by atoms with van der Waals surface area (Å²) in [6.45, 7) is 6.16. The molecular formula is C12H21N5O2. The van der Waals surface area contributed by atoms with Crippen molar-refractivity contribution >= 4 is 17.5 Å². The first-order chi connectivity index (χ1) is 8.80. The van der Waals surface area contributed by atoms with E-state index in [-0.39, 0.29) is 24.6 Å². The summed E-state index contributed by atoms with van der Waals surface area (Å²) in [5.41, 5.74) is 5.39. The van der Waals surface area contributed by atoms with Gasteiger partial charge in [0.25, 0.3) is 0 Å². The van der Waals surface area contributed by atoms with Gasteiger partial charge < -0.3 is 21.1 Å². The molecule has 0 unspecified atom stereocenters. The highest BCUT2D eigenvalue weighted by Gasteiger charge is 2.13. The SMILES string of the molecule is COCc1nc(N)cc(NCC(=O)NC(C)(C)C)n1. The molecule has 4 N–H and O–H groups in total. The van der Waals surface area contributed by atoms with Crippen molar-refractivity contribution in [2.45, 2.75) is 32.9 Å². The number of nitrogens with two attached hydrogens (primary N) is 1. The van der Waals surface area contributed by atoms with Gasteiger partial charge in [-0.2, -0.15) is 0 Å². The number of nitrogens with one attached hydrogen (secondary N) is 2. The van der Waals surface area contributed by atoms with Crippen LogP contribution < -0.4 is 16.4 Å². The molecule has 0 aliphatic carbocycles. The predicted octanol–water partition coefficient (Wildman–Crippen LogP) is 0.532. The van der Waals surface area contributed by atoms with Crippen LogP contribution in [-0.2, 0) is 16.1 Å². The maximum absolute atomic E-state index is 11.7. The normalized spacial score (nSPS) is 11.2. The standard InChI is InChI=1S/C12H21N5O2/c1-12(2,3)17-11(18)6-14-9-5-8(13)15-10(16-9)7-19-4/h5H,6-7H2,1-4H3,(H,17,18)(H3,13,14,15,16). The summed E-state index contributed by atoms with van der Waals surface area (Å²) in [6.07, 6.45) is 0. The highest BCUT2D eigenvalue weighted by atomic mass is 16.5. The number of nitrogens with zero attached hydrogens (tertiary/aromatic N) is 2. The van der Waals surface area contributed by atoms with Gasteiger partial charge in [0.2, 0.25) is 5.91 Å². The first kappa shape index (κ1) is 15.2. The molecule has 0 saturated heterocycles. The molecule has 0 aromatic carbocycles. The molecule has 106 valence electrons. The van der Waals surface area contributed by atoms with Gasteiger partial charge in [-0.3, -0.25) is 4.79 Å². The molecule has 1 heterocycles. The highest BCUT2D eigenvalue weighted by molar-refractivity contribution is 5.81. The van der Waals surface area contributed by atoms with Gasteiger partial charge in [-0.25, -0.2) is 9.97 Å². The zero-order valence-corrected chi connectivity index (χ0v) is 11.8. The molecule has 0 spiro atoms. The van der Waals surface area contributed by atoms with Crippen LogP contribution in [0.4, 0.5) is 11.6 Å². The van der Waals surface area contributed by atoms with Gasteiger partial charge >= 0.3 is 0 Å². The Morgan fingerprint density at radius 2 is 2.11 bits per heavy atom. The van der Waals surface area contributed by atoms with Crippen LogP contribution in [0.5, 0.6) is 0 Å². The van der Waals surface area contributed by atoms with Crippen LogP contribution >= 0.6 is 0 Å². The number of rotatable bonds is 5. The number of amides is 1. The largest absolute Gasteiger partial charge is 0.384 e. The Morgan fingerprint density at radius 3 is 2.68 bits per heavy atom. The van der Waals surface area contributed by atoms with Crippen molar-refractivity contribution in [2.75, 3.05) is 24.7 Å².